The highest BCUT2D eigenvalue weighted by Crippen LogP contribution is 2.25. The van der Waals surface area contributed by atoms with Gasteiger partial charge in [-0.05, 0) is 30.3 Å². The summed E-state index contributed by atoms with van der Waals surface area (Å²) in [6, 6.07) is 23.1. The molecule has 2 amide bonds. The number of hydrazine groups is 1. The molecule has 194 valence electrons. The lowest BCUT2D eigenvalue weighted by Gasteiger charge is -2.10. The van der Waals surface area contributed by atoms with Gasteiger partial charge in [0.15, 0.2) is 10.3 Å². The van der Waals surface area contributed by atoms with Crippen molar-refractivity contribution in [1.29, 1.82) is 0 Å². The quantitative estimate of drug-likeness (QED) is 0.138. The predicted octanol–water partition coefficient (Wildman–Crippen LogP) is 3.82. The van der Waals surface area contributed by atoms with Gasteiger partial charge in [0.1, 0.15) is 0 Å². The summed E-state index contributed by atoms with van der Waals surface area (Å²) >= 11 is 2.63. The van der Waals surface area contributed by atoms with E-state index in [1.165, 1.54) is 23.5 Å². The molecule has 6 rings (SSSR count). The summed E-state index contributed by atoms with van der Waals surface area (Å²) in [7, 11) is 0. The van der Waals surface area contributed by atoms with Crippen molar-refractivity contribution < 1.29 is 9.59 Å². The summed E-state index contributed by atoms with van der Waals surface area (Å²) in [6.07, 6.45) is 1.78. The Morgan fingerprint density at radius 1 is 0.744 bits per heavy atom. The first-order valence-corrected chi connectivity index (χ1v) is 14.0. The van der Waals surface area contributed by atoms with Crippen LogP contribution in [0.2, 0.25) is 0 Å². The molecule has 5 aromatic rings. The van der Waals surface area contributed by atoms with E-state index in [1.807, 2.05) is 72.8 Å². The number of rotatable bonds is 9. The van der Waals surface area contributed by atoms with E-state index in [9.17, 15) is 9.59 Å². The first-order chi connectivity index (χ1) is 19.1. The second-order valence-electron chi connectivity index (χ2n) is 8.50. The van der Waals surface area contributed by atoms with Crippen molar-refractivity contribution in [3.05, 3.63) is 90.0 Å². The van der Waals surface area contributed by atoms with E-state index in [-0.39, 0.29) is 23.3 Å². The van der Waals surface area contributed by atoms with E-state index in [1.54, 1.807) is 6.08 Å². The highest BCUT2D eigenvalue weighted by molar-refractivity contribution is 8.00. The lowest BCUT2D eigenvalue weighted by Crippen LogP contribution is -2.37. The first kappa shape index (κ1) is 24.8. The molecule has 39 heavy (non-hydrogen) atoms. The molecule has 0 saturated carbocycles. The number of carbonyl (C=O) groups excluding carboxylic acids is 2. The molecule has 0 atom stereocenters. The average Bonchev–Trinajstić information content (AvgIpc) is 3.67. The SMILES string of the molecule is O=C(CSc1nc2ccccc2[nH]1)NN=C1C=C(NNC(=O)CSc2nc3ccccc3[nH]2)c2ccccc21. The van der Waals surface area contributed by atoms with Crippen LogP contribution in [0.1, 0.15) is 11.1 Å². The Labute approximate surface area is 231 Å². The molecule has 12 heteroatoms. The lowest BCUT2D eigenvalue weighted by molar-refractivity contribution is -0.119. The molecule has 1 aliphatic carbocycles. The third-order valence-electron chi connectivity index (χ3n) is 5.83. The van der Waals surface area contributed by atoms with Crippen LogP contribution >= 0.6 is 23.5 Å². The van der Waals surface area contributed by atoms with Gasteiger partial charge < -0.3 is 9.97 Å². The Bertz CT molecular complexity index is 1690. The Balaban J connectivity index is 1.04. The number of H-pyrrole nitrogens is 2. The van der Waals surface area contributed by atoms with E-state index in [0.29, 0.717) is 21.7 Å². The molecular weight excluding hydrogens is 532 g/mol. The summed E-state index contributed by atoms with van der Waals surface area (Å²) in [6.45, 7) is 0. The minimum absolute atomic E-state index is 0.159. The predicted molar refractivity (Wildman–Crippen MR) is 154 cm³/mol. The maximum atomic E-state index is 12.5. The number of amides is 2. The highest BCUT2D eigenvalue weighted by Gasteiger charge is 2.20. The fourth-order valence-electron chi connectivity index (χ4n) is 4.02. The van der Waals surface area contributed by atoms with E-state index >= 15 is 0 Å². The number of allylic oxidation sites excluding steroid dienone is 1. The number of aromatic amines is 2. The number of hydrazone groups is 1. The summed E-state index contributed by atoms with van der Waals surface area (Å²) in [5.74, 6) is -0.121. The zero-order valence-corrected chi connectivity index (χ0v) is 22.0. The standard InChI is InChI=1S/C27H22N8O2S2/c36-24(14-38-26-28-18-9-3-4-10-19(18)29-26)34-32-22-13-23(17-8-2-1-7-16(17)22)33-35-25(37)15-39-27-30-20-11-5-6-12-21(20)31-27/h1-13,32H,14-15H2,(H,28,29)(H,30,31)(H,34,36)(H,35,37). The maximum Gasteiger partial charge on any atom is 0.250 e. The Morgan fingerprint density at radius 3 is 1.95 bits per heavy atom. The normalized spacial score (nSPS) is 13.4. The van der Waals surface area contributed by atoms with Crippen LogP contribution in [0.4, 0.5) is 0 Å². The number of aromatic nitrogens is 4. The van der Waals surface area contributed by atoms with Gasteiger partial charge in [0, 0.05) is 11.1 Å². The van der Waals surface area contributed by atoms with Crippen LogP contribution in [0.5, 0.6) is 0 Å². The van der Waals surface area contributed by atoms with Crippen molar-refractivity contribution >= 4 is 68.8 Å². The van der Waals surface area contributed by atoms with Crippen LogP contribution in [-0.2, 0) is 9.59 Å². The molecule has 0 radical (unpaired) electrons. The van der Waals surface area contributed by atoms with E-state index < -0.39 is 0 Å². The van der Waals surface area contributed by atoms with Gasteiger partial charge in [-0.15, -0.1) is 0 Å². The van der Waals surface area contributed by atoms with Gasteiger partial charge in [-0.1, -0.05) is 72.1 Å². The number of hydrogen-bond donors (Lipinski definition) is 5. The van der Waals surface area contributed by atoms with Crippen LogP contribution in [0.3, 0.4) is 0 Å². The van der Waals surface area contributed by atoms with Gasteiger partial charge in [0.05, 0.1) is 45.0 Å². The third-order valence-corrected chi connectivity index (χ3v) is 7.57. The van der Waals surface area contributed by atoms with E-state index in [2.05, 4.69) is 41.3 Å². The first-order valence-electron chi connectivity index (χ1n) is 12.0. The van der Waals surface area contributed by atoms with E-state index in [4.69, 9.17) is 0 Å². The van der Waals surface area contributed by atoms with Crippen LogP contribution < -0.4 is 16.3 Å². The largest absolute Gasteiger partial charge is 0.333 e. The van der Waals surface area contributed by atoms with Crippen molar-refractivity contribution in [2.75, 3.05) is 11.5 Å². The summed E-state index contributed by atoms with van der Waals surface area (Å²) in [4.78, 5) is 40.3. The van der Waals surface area contributed by atoms with Crippen LogP contribution in [0.25, 0.3) is 27.8 Å². The Kier molecular flexibility index (Phi) is 7.02. The molecular formula is C27H22N8O2S2. The number of para-hydroxylation sites is 4. The van der Waals surface area contributed by atoms with Crippen molar-refractivity contribution in [1.82, 2.24) is 36.2 Å². The number of nitrogens with one attached hydrogen (secondary N) is 5. The van der Waals surface area contributed by atoms with Crippen LogP contribution in [0.15, 0.2) is 94.3 Å². The van der Waals surface area contributed by atoms with Gasteiger partial charge in [-0.3, -0.25) is 20.4 Å². The molecule has 5 N–H and O–H groups in total. The third kappa shape index (κ3) is 5.66. The molecule has 2 aromatic heterocycles. The van der Waals surface area contributed by atoms with Crippen LogP contribution in [-0.4, -0.2) is 49.0 Å². The molecule has 0 spiro atoms. The number of fused-ring (bicyclic) bond motifs is 3. The Morgan fingerprint density at radius 2 is 1.31 bits per heavy atom. The molecule has 1 aliphatic rings. The zero-order valence-electron chi connectivity index (χ0n) is 20.4. The Hall–Kier alpha value is -4.55. The summed E-state index contributed by atoms with van der Waals surface area (Å²) < 4.78 is 0. The molecule has 0 aliphatic heterocycles. The molecule has 2 heterocycles. The number of benzene rings is 3. The van der Waals surface area contributed by atoms with Gasteiger partial charge >= 0.3 is 0 Å². The molecule has 10 nitrogen and oxygen atoms in total. The fraction of sp³-hybridized carbons (Fsp3) is 0.0741. The van der Waals surface area contributed by atoms with Crippen molar-refractivity contribution in [2.45, 2.75) is 10.3 Å². The fourth-order valence-corrected chi connectivity index (χ4v) is 5.38. The van der Waals surface area contributed by atoms with Gasteiger partial charge in [-0.2, -0.15) is 5.10 Å². The maximum absolute atomic E-state index is 12.5. The monoisotopic (exact) mass is 554 g/mol. The summed E-state index contributed by atoms with van der Waals surface area (Å²) in [5.41, 5.74) is 14.9. The average molecular weight is 555 g/mol. The molecule has 3 aromatic carbocycles. The van der Waals surface area contributed by atoms with Crippen molar-refractivity contribution in [2.24, 2.45) is 5.10 Å². The van der Waals surface area contributed by atoms with E-state index in [0.717, 1.165) is 33.2 Å². The smallest absolute Gasteiger partial charge is 0.250 e. The minimum Gasteiger partial charge on any atom is -0.333 e. The molecule has 0 fully saturated rings. The van der Waals surface area contributed by atoms with Gasteiger partial charge in [0.25, 0.3) is 5.91 Å². The number of carbonyl (C=O) groups is 2. The van der Waals surface area contributed by atoms with Crippen molar-refractivity contribution in [3.63, 3.8) is 0 Å². The number of imidazole rings is 2. The summed E-state index contributed by atoms with van der Waals surface area (Å²) in [5, 5.41) is 5.67. The lowest BCUT2D eigenvalue weighted by atomic mass is 10.1. The minimum atomic E-state index is -0.254. The van der Waals surface area contributed by atoms with Gasteiger partial charge in [0.2, 0.25) is 5.91 Å². The second-order valence-corrected chi connectivity index (χ2v) is 10.4. The van der Waals surface area contributed by atoms with Crippen molar-refractivity contribution in [3.8, 4) is 0 Å². The molecule has 0 unspecified atom stereocenters. The number of thioether (sulfide) groups is 2. The van der Waals surface area contributed by atoms with Gasteiger partial charge in [-0.25, -0.2) is 15.4 Å². The molecule has 0 saturated heterocycles. The molecule has 0 bridgehead atoms. The zero-order chi connectivity index (χ0) is 26.6. The topological polar surface area (TPSA) is 140 Å². The second kappa shape index (κ2) is 11.1. The van der Waals surface area contributed by atoms with Crippen LogP contribution in [0, 0.1) is 0 Å². The highest BCUT2D eigenvalue weighted by atomic mass is 32.2. The number of hydrogen-bond acceptors (Lipinski definition) is 8. The number of nitrogens with zero attached hydrogens (tertiary/aromatic N) is 3.